The van der Waals surface area contributed by atoms with Crippen LogP contribution < -0.4 is 4.43 Å². The molecule has 0 aliphatic rings. The molecule has 21 heavy (non-hydrogen) atoms. The van der Waals surface area contributed by atoms with Crippen molar-refractivity contribution in [3.63, 3.8) is 0 Å². The molecule has 1 heterocycles. The van der Waals surface area contributed by atoms with Crippen molar-refractivity contribution in [2.24, 2.45) is 0 Å². The molecule has 0 fully saturated rings. The van der Waals surface area contributed by atoms with E-state index in [1.165, 1.54) is 7.11 Å². The van der Waals surface area contributed by atoms with Gasteiger partial charge in [0.15, 0.2) is 0 Å². The maximum absolute atomic E-state index is 11.8. The number of methoxy groups -OCH3 is 1. The first-order valence-corrected chi connectivity index (χ1v) is 9.95. The lowest BCUT2D eigenvalue weighted by molar-refractivity contribution is 0.0600. The SMILES string of the molecule is COC(=O)c1cc(O[Si](C)(C)C(C)(C)C)c2cc[nH]c2c1. The fourth-order valence-corrected chi connectivity index (χ4v) is 2.91. The van der Waals surface area contributed by atoms with E-state index in [0.717, 1.165) is 16.7 Å². The van der Waals surface area contributed by atoms with Crippen LogP contribution in [0.4, 0.5) is 0 Å². The lowest BCUT2D eigenvalue weighted by Crippen LogP contribution is -2.43. The highest BCUT2D eigenvalue weighted by Crippen LogP contribution is 2.39. The fraction of sp³-hybridized carbons (Fsp3) is 0.438. The van der Waals surface area contributed by atoms with Crippen molar-refractivity contribution >= 4 is 25.2 Å². The summed E-state index contributed by atoms with van der Waals surface area (Å²) < 4.78 is 11.2. The Morgan fingerprint density at radius 2 is 1.90 bits per heavy atom. The lowest BCUT2D eigenvalue weighted by Gasteiger charge is -2.36. The van der Waals surface area contributed by atoms with Crippen molar-refractivity contribution in [3.05, 3.63) is 30.0 Å². The van der Waals surface area contributed by atoms with Gasteiger partial charge in [0.05, 0.1) is 12.7 Å². The van der Waals surface area contributed by atoms with Crippen molar-refractivity contribution in [1.29, 1.82) is 0 Å². The Morgan fingerprint density at radius 1 is 1.24 bits per heavy atom. The first kappa shape index (κ1) is 15.6. The van der Waals surface area contributed by atoms with Gasteiger partial charge in [0.2, 0.25) is 0 Å². The van der Waals surface area contributed by atoms with E-state index in [1.807, 2.05) is 12.3 Å². The summed E-state index contributed by atoms with van der Waals surface area (Å²) in [5.41, 5.74) is 1.38. The number of aromatic nitrogens is 1. The molecule has 0 saturated carbocycles. The number of nitrogens with one attached hydrogen (secondary N) is 1. The zero-order chi connectivity index (χ0) is 15.8. The van der Waals surface area contributed by atoms with E-state index in [4.69, 9.17) is 9.16 Å². The number of hydrogen-bond acceptors (Lipinski definition) is 3. The third-order valence-corrected chi connectivity index (χ3v) is 8.57. The highest BCUT2D eigenvalue weighted by molar-refractivity contribution is 6.74. The zero-order valence-electron chi connectivity index (χ0n) is 13.5. The van der Waals surface area contributed by atoms with Gasteiger partial charge in [-0.05, 0) is 36.3 Å². The van der Waals surface area contributed by atoms with Crippen LogP contribution in [0.3, 0.4) is 0 Å². The molecule has 0 spiro atoms. The van der Waals surface area contributed by atoms with E-state index in [9.17, 15) is 4.79 Å². The Labute approximate surface area is 126 Å². The molecule has 5 heteroatoms. The number of aromatic amines is 1. The second-order valence-corrected chi connectivity index (χ2v) is 11.5. The minimum atomic E-state index is -1.97. The van der Waals surface area contributed by atoms with Gasteiger partial charge < -0.3 is 14.1 Å². The second kappa shape index (κ2) is 5.22. The van der Waals surface area contributed by atoms with Gasteiger partial charge in [0.1, 0.15) is 5.75 Å². The molecule has 4 nitrogen and oxygen atoms in total. The van der Waals surface area contributed by atoms with E-state index < -0.39 is 8.32 Å². The maximum Gasteiger partial charge on any atom is 0.338 e. The van der Waals surface area contributed by atoms with Gasteiger partial charge in [-0.15, -0.1) is 0 Å². The lowest BCUT2D eigenvalue weighted by atomic mass is 10.1. The standard InChI is InChI=1S/C16H23NO3Si/c1-16(2,3)21(5,6)20-14-10-11(15(18)19-4)9-13-12(14)7-8-17-13/h7-10,17H,1-6H3. The highest BCUT2D eigenvalue weighted by Gasteiger charge is 2.39. The molecule has 0 radical (unpaired) electrons. The van der Waals surface area contributed by atoms with E-state index in [1.54, 1.807) is 12.1 Å². The van der Waals surface area contributed by atoms with Gasteiger partial charge in [-0.25, -0.2) is 4.79 Å². The molecule has 2 aromatic rings. The molecule has 0 atom stereocenters. The summed E-state index contributed by atoms with van der Waals surface area (Å²) in [6.45, 7) is 11.0. The normalized spacial score (nSPS) is 12.5. The molecule has 0 unspecified atom stereocenters. The van der Waals surface area contributed by atoms with Crippen LogP contribution in [0.2, 0.25) is 18.1 Å². The monoisotopic (exact) mass is 305 g/mol. The number of hydrogen-bond donors (Lipinski definition) is 1. The summed E-state index contributed by atoms with van der Waals surface area (Å²) in [6.07, 6.45) is 1.85. The van der Waals surface area contributed by atoms with Crippen LogP contribution in [0.1, 0.15) is 31.1 Å². The molecule has 0 bridgehead atoms. The number of benzene rings is 1. The molecule has 1 aromatic carbocycles. The molecule has 0 amide bonds. The number of carbonyl (C=O) groups excluding carboxylic acids is 1. The molecule has 0 saturated heterocycles. The summed E-state index contributed by atoms with van der Waals surface area (Å²) >= 11 is 0. The van der Waals surface area contributed by atoms with Gasteiger partial charge in [-0.3, -0.25) is 0 Å². The Hall–Kier alpha value is -1.75. The molecule has 114 valence electrons. The van der Waals surface area contributed by atoms with Gasteiger partial charge >= 0.3 is 5.97 Å². The minimum absolute atomic E-state index is 0.0941. The Bertz CT molecular complexity index is 668. The number of fused-ring (bicyclic) bond motifs is 1. The molecular weight excluding hydrogens is 282 g/mol. The zero-order valence-corrected chi connectivity index (χ0v) is 14.5. The summed E-state index contributed by atoms with van der Waals surface area (Å²) in [4.78, 5) is 14.9. The van der Waals surface area contributed by atoms with Crippen LogP contribution in [0.15, 0.2) is 24.4 Å². The van der Waals surface area contributed by atoms with Crippen LogP contribution >= 0.6 is 0 Å². The Balaban J connectivity index is 2.52. The number of esters is 1. The van der Waals surface area contributed by atoms with Gasteiger partial charge in [-0.1, -0.05) is 20.8 Å². The summed E-state index contributed by atoms with van der Waals surface area (Å²) in [5.74, 6) is 0.396. The maximum atomic E-state index is 11.8. The molecule has 0 aliphatic carbocycles. The average Bonchev–Trinajstić information content (AvgIpc) is 2.84. The van der Waals surface area contributed by atoms with Gasteiger partial charge in [0.25, 0.3) is 8.32 Å². The van der Waals surface area contributed by atoms with E-state index in [-0.39, 0.29) is 11.0 Å². The number of carbonyl (C=O) groups is 1. The quantitative estimate of drug-likeness (QED) is 0.678. The van der Waals surface area contributed by atoms with E-state index in [2.05, 4.69) is 38.8 Å². The first-order chi connectivity index (χ1) is 9.65. The molecule has 2 rings (SSSR count). The molecule has 1 aromatic heterocycles. The van der Waals surface area contributed by atoms with Crippen LogP contribution in [0.5, 0.6) is 5.75 Å². The van der Waals surface area contributed by atoms with Gasteiger partial charge in [0, 0.05) is 17.1 Å². The van der Waals surface area contributed by atoms with Crippen molar-refractivity contribution < 1.29 is 14.0 Å². The Kier molecular flexibility index (Phi) is 3.89. The first-order valence-electron chi connectivity index (χ1n) is 7.04. The smallest absolute Gasteiger partial charge is 0.338 e. The summed E-state index contributed by atoms with van der Waals surface area (Å²) in [5, 5.41) is 1.09. The number of rotatable bonds is 3. The average molecular weight is 305 g/mol. The topological polar surface area (TPSA) is 51.3 Å². The Morgan fingerprint density at radius 3 is 2.48 bits per heavy atom. The second-order valence-electron chi connectivity index (χ2n) is 6.77. The largest absolute Gasteiger partial charge is 0.543 e. The van der Waals surface area contributed by atoms with Crippen molar-refractivity contribution in [2.45, 2.75) is 38.9 Å². The van der Waals surface area contributed by atoms with Crippen molar-refractivity contribution in [2.75, 3.05) is 7.11 Å². The third-order valence-electron chi connectivity index (χ3n) is 4.22. The molecule has 1 N–H and O–H groups in total. The van der Waals surface area contributed by atoms with E-state index in [0.29, 0.717) is 5.56 Å². The highest BCUT2D eigenvalue weighted by atomic mass is 28.4. The van der Waals surface area contributed by atoms with Crippen molar-refractivity contribution in [1.82, 2.24) is 4.98 Å². The van der Waals surface area contributed by atoms with Crippen LogP contribution in [-0.4, -0.2) is 26.4 Å². The van der Waals surface area contributed by atoms with Crippen LogP contribution in [-0.2, 0) is 4.74 Å². The van der Waals surface area contributed by atoms with Gasteiger partial charge in [-0.2, -0.15) is 0 Å². The molecule has 0 aliphatic heterocycles. The van der Waals surface area contributed by atoms with Crippen LogP contribution in [0.25, 0.3) is 10.9 Å². The van der Waals surface area contributed by atoms with Crippen molar-refractivity contribution in [3.8, 4) is 5.75 Å². The fourth-order valence-electron chi connectivity index (χ4n) is 1.88. The van der Waals surface area contributed by atoms with E-state index >= 15 is 0 Å². The summed E-state index contributed by atoms with van der Waals surface area (Å²) in [6, 6.07) is 5.54. The van der Waals surface area contributed by atoms with Crippen LogP contribution in [0, 0.1) is 0 Å². The minimum Gasteiger partial charge on any atom is -0.543 e. The summed E-state index contributed by atoms with van der Waals surface area (Å²) in [7, 11) is -0.586. The molecular formula is C16H23NO3Si. The number of H-pyrrole nitrogens is 1. The predicted octanol–water partition coefficient (Wildman–Crippen LogP) is 4.34. The predicted molar refractivity (Wildman–Crippen MR) is 87.5 cm³/mol. The number of ether oxygens (including phenoxy) is 1. The third kappa shape index (κ3) is 2.97.